The molecule has 0 bridgehead atoms. The van der Waals surface area contributed by atoms with E-state index in [-0.39, 0.29) is 17.5 Å². The Morgan fingerprint density at radius 3 is 2.19 bits per heavy atom. The van der Waals surface area contributed by atoms with Crippen LogP contribution in [0.1, 0.15) is 41.8 Å². The lowest BCUT2D eigenvalue weighted by atomic mass is 9.88. The predicted molar refractivity (Wildman–Crippen MR) is 101 cm³/mol. The van der Waals surface area contributed by atoms with Gasteiger partial charge in [-0.3, -0.25) is 4.79 Å². The molecule has 0 unspecified atom stereocenters. The van der Waals surface area contributed by atoms with Crippen LogP contribution in [0, 0.1) is 0 Å². The van der Waals surface area contributed by atoms with E-state index in [2.05, 4.69) is 17.4 Å². The molecule has 1 aliphatic heterocycles. The maximum Gasteiger partial charge on any atom is 0.318 e. The van der Waals surface area contributed by atoms with E-state index in [0.29, 0.717) is 31.9 Å². The average Bonchev–Trinajstić information content (AvgIpc) is 3.41. The zero-order chi connectivity index (χ0) is 18.7. The van der Waals surface area contributed by atoms with Gasteiger partial charge in [-0.05, 0) is 30.5 Å². The van der Waals surface area contributed by atoms with Gasteiger partial charge >= 0.3 is 6.03 Å². The van der Waals surface area contributed by atoms with Crippen LogP contribution in [0.2, 0.25) is 0 Å². The van der Waals surface area contributed by atoms with Crippen LogP contribution in [-0.2, 0) is 5.54 Å². The van der Waals surface area contributed by atoms with Gasteiger partial charge in [0.05, 0.1) is 11.8 Å². The van der Waals surface area contributed by atoms with Gasteiger partial charge in [-0.1, -0.05) is 43.2 Å². The second-order valence-corrected chi connectivity index (χ2v) is 7.34. The van der Waals surface area contributed by atoms with Crippen molar-refractivity contribution in [3.05, 3.63) is 60.1 Å². The van der Waals surface area contributed by atoms with Crippen molar-refractivity contribution < 1.29 is 14.0 Å². The molecule has 2 fully saturated rings. The maximum atomic E-state index is 12.9. The zero-order valence-corrected chi connectivity index (χ0v) is 15.4. The summed E-state index contributed by atoms with van der Waals surface area (Å²) in [4.78, 5) is 28.9. The number of rotatable bonds is 3. The Morgan fingerprint density at radius 1 is 0.889 bits per heavy atom. The fourth-order valence-electron chi connectivity index (χ4n) is 4.17. The number of piperazine rings is 1. The lowest BCUT2D eigenvalue weighted by Crippen LogP contribution is -2.56. The van der Waals surface area contributed by atoms with E-state index in [0.717, 1.165) is 25.7 Å². The van der Waals surface area contributed by atoms with E-state index < -0.39 is 0 Å². The van der Waals surface area contributed by atoms with Crippen LogP contribution in [0.3, 0.4) is 0 Å². The molecule has 1 N–H and O–H groups in total. The molecular weight excluding hydrogens is 342 g/mol. The van der Waals surface area contributed by atoms with Crippen molar-refractivity contribution in [2.24, 2.45) is 0 Å². The Hall–Kier alpha value is -2.76. The van der Waals surface area contributed by atoms with Crippen LogP contribution >= 0.6 is 0 Å². The first-order valence-corrected chi connectivity index (χ1v) is 9.63. The van der Waals surface area contributed by atoms with Gasteiger partial charge in [0.25, 0.3) is 5.91 Å². The Labute approximate surface area is 159 Å². The third-order valence-electron chi connectivity index (χ3n) is 5.72. The number of furan rings is 1. The van der Waals surface area contributed by atoms with Crippen LogP contribution in [0.15, 0.2) is 53.1 Å². The Kier molecular flexibility index (Phi) is 4.88. The highest BCUT2D eigenvalue weighted by molar-refractivity contribution is 5.91. The van der Waals surface area contributed by atoms with Crippen LogP contribution in [0.25, 0.3) is 0 Å². The van der Waals surface area contributed by atoms with Gasteiger partial charge in [0.15, 0.2) is 5.76 Å². The summed E-state index contributed by atoms with van der Waals surface area (Å²) in [6, 6.07) is 13.6. The number of carbonyl (C=O) groups is 2. The quantitative estimate of drug-likeness (QED) is 0.906. The summed E-state index contributed by atoms with van der Waals surface area (Å²) in [5, 5.41) is 3.32. The molecule has 0 spiro atoms. The van der Waals surface area contributed by atoms with Gasteiger partial charge < -0.3 is 19.5 Å². The van der Waals surface area contributed by atoms with Gasteiger partial charge in [-0.25, -0.2) is 4.79 Å². The molecule has 1 aromatic heterocycles. The molecule has 0 atom stereocenters. The smallest absolute Gasteiger partial charge is 0.318 e. The van der Waals surface area contributed by atoms with E-state index in [1.165, 1.54) is 11.8 Å². The largest absolute Gasteiger partial charge is 0.459 e. The van der Waals surface area contributed by atoms with Gasteiger partial charge in [0.1, 0.15) is 0 Å². The normalized spacial score (nSPS) is 19.1. The first-order valence-electron chi connectivity index (χ1n) is 9.63. The molecule has 3 amide bonds. The number of hydrogen-bond acceptors (Lipinski definition) is 3. The van der Waals surface area contributed by atoms with E-state index in [1.54, 1.807) is 17.0 Å². The van der Waals surface area contributed by atoms with Crippen LogP contribution in [-0.4, -0.2) is 47.9 Å². The summed E-state index contributed by atoms with van der Waals surface area (Å²) in [6.45, 7) is 2.10. The molecule has 142 valence electrons. The molecule has 6 heteroatoms. The van der Waals surface area contributed by atoms with Crippen molar-refractivity contribution in [3.8, 4) is 0 Å². The molecular formula is C21H25N3O3. The Balaban J connectivity index is 1.38. The third kappa shape index (κ3) is 3.56. The average molecular weight is 367 g/mol. The molecule has 27 heavy (non-hydrogen) atoms. The van der Waals surface area contributed by atoms with E-state index in [1.807, 2.05) is 23.1 Å². The van der Waals surface area contributed by atoms with Crippen LogP contribution in [0.4, 0.5) is 4.79 Å². The zero-order valence-electron chi connectivity index (χ0n) is 15.4. The number of nitrogens with zero attached hydrogens (tertiary/aromatic N) is 2. The summed E-state index contributed by atoms with van der Waals surface area (Å²) in [6.07, 6.45) is 5.70. The number of amides is 3. The summed E-state index contributed by atoms with van der Waals surface area (Å²) in [7, 11) is 0. The summed E-state index contributed by atoms with van der Waals surface area (Å²) in [5.41, 5.74) is 0.918. The molecule has 1 aromatic carbocycles. The number of benzene rings is 1. The fourth-order valence-corrected chi connectivity index (χ4v) is 4.17. The highest BCUT2D eigenvalue weighted by atomic mass is 16.3. The molecule has 4 rings (SSSR count). The van der Waals surface area contributed by atoms with Gasteiger partial charge in [-0.2, -0.15) is 0 Å². The van der Waals surface area contributed by atoms with E-state index in [4.69, 9.17) is 4.42 Å². The molecule has 1 saturated carbocycles. The number of hydrogen-bond donors (Lipinski definition) is 1. The fraction of sp³-hybridized carbons (Fsp3) is 0.429. The molecule has 2 aromatic rings. The monoisotopic (exact) mass is 367 g/mol. The Morgan fingerprint density at radius 2 is 1.56 bits per heavy atom. The standard InChI is InChI=1S/C21H25N3O3/c25-19(18-9-6-16-27-18)23-12-14-24(15-13-23)20(26)22-21(10-4-5-11-21)17-7-2-1-3-8-17/h1-3,6-9,16H,4-5,10-15H2,(H,22,26). The summed E-state index contributed by atoms with van der Waals surface area (Å²) < 4.78 is 5.19. The summed E-state index contributed by atoms with van der Waals surface area (Å²) in [5.74, 6) is 0.235. The first-order chi connectivity index (χ1) is 13.2. The summed E-state index contributed by atoms with van der Waals surface area (Å²) >= 11 is 0. The molecule has 1 aliphatic carbocycles. The number of carbonyl (C=O) groups excluding carboxylic acids is 2. The third-order valence-corrected chi connectivity index (χ3v) is 5.72. The topological polar surface area (TPSA) is 65.8 Å². The Bertz CT molecular complexity index is 774. The molecule has 1 saturated heterocycles. The molecule has 0 radical (unpaired) electrons. The number of nitrogens with one attached hydrogen (secondary N) is 1. The van der Waals surface area contributed by atoms with Gasteiger partial charge in [-0.15, -0.1) is 0 Å². The second-order valence-electron chi connectivity index (χ2n) is 7.34. The number of urea groups is 1. The van der Waals surface area contributed by atoms with Crippen molar-refractivity contribution in [1.82, 2.24) is 15.1 Å². The van der Waals surface area contributed by atoms with Crippen molar-refractivity contribution in [2.75, 3.05) is 26.2 Å². The SMILES string of the molecule is O=C(NC1(c2ccccc2)CCCC1)N1CCN(C(=O)c2ccco2)CC1. The molecule has 2 heterocycles. The maximum absolute atomic E-state index is 12.9. The highest BCUT2D eigenvalue weighted by Crippen LogP contribution is 2.38. The minimum absolute atomic E-state index is 0.0362. The van der Waals surface area contributed by atoms with Crippen molar-refractivity contribution >= 4 is 11.9 Å². The van der Waals surface area contributed by atoms with Crippen molar-refractivity contribution in [2.45, 2.75) is 31.2 Å². The minimum atomic E-state index is -0.264. The van der Waals surface area contributed by atoms with Crippen LogP contribution < -0.4 is 5.32 Å². The van der Waals surface area contributed by atoms with E-state index in [9.17, 15) is 9.59 Å². The first kappa shape index (κ1) is 17.6. The lowest BCUT2D eigenvalue weighted by Gasteiger charge is -2.38. The van der Waals surface area contributed by atoms with Crippen molar-refractivity contribution in [3.63, 3.8) is 0 Å². The second kappa shape index (κ2) is 7.47. The van der Waals surface area contributed by atoms with Gasteiger partial charge in [0, 0.05) is 26.2 Å². The van der Waals surface area contributed by atoms with Gasteiger partial charge in [0.2, 0.25) is 0 Å². The van der Waals surface area contributed by atoms with E-state index >= 15 is 0 Å². The highest BCUT2D eigenvalue weighted by Gasteiger charge is 2.38. The molecule has 6 nitrogen and oxygen atoms in total. The van der Waals surface area contributed by atoms with Crippen LogP contribution in [0.5, 0.6) is 0 Å². The predicted octanol–water partition coefficient (Wildman–Crippen LogP) is 3.22. The minimum Gasteiger partial charge on any atom is -0.459 e. The van der Waals surface area contributed by atoms with Crippen molar-refractivity contribution in [1.29, 1.82) is 0 Å². The lowest BCUT2D eigenvalue weighted by molar-refractivity contribution is 0.0628. The molecule has 2 aliphatic rings.